The van der Waals surface area contributed by atoms with Crippen molar-refractivity contribution < 1.29 is 0 Å². The van der Waals surface area contributed by atoms with Gasteiger partial charge >= 0.3 is 0 Å². The molecule has 0 fully saturated rings. The third kappa shape index (κ3) is 3.08. The van der Waals surface area contributed by atoms with Crippen LogP contribution in [0.5, 0.6) is 0 Å². The quantitative estimate of drug-likeness (QED) is 0.848. The van der Waals surface area contributed by atoms with Crippen molar-refractivity contribution >= 4 is 0 Å². The Hall–Kier alpha value is -0.860. The maximum atomic E-state index is 6.42. The molecule has 1 aromatic carbocycles. The lowest BCUT2D eigenvalue weighted by Crippen LogP contribution is -2.55. The average Bonchev–Trinajstić information content (AvgIpc) is 2.30. The highest BCUT2D eigenvalue weighted by molar-refractivity contribution is 5.27. The van der Waals surface area contributed by atoms with Crippen LogP contribution in [-0.4, -0.2) is 30.6 Å². The van der Waals surface area contributed by atoms with Crippen LogP contribution in [0.15, 0.2) is 24.3 Å². The molecule has 0 radical (unpaired) electrons. The minimum Gasteiger partial charge on any atom is -0.326 e. The monoisotopic (exact) mass is 234 g/mol. The predicted octanol–water partition coefficient (Wildman–Crippen LogP) is 2.60. The summed E-state index contributed by atoms with van der Waals surface area (Å²) in [4.78, 5) is 2.25. The zero-order valence-electron chi connectivity index (χ0n) is 11.8. The van der Waals surface area contributed by atoms with Crippen LogP contribution in [0.4, 0.5) is 0 Å². The molecule has 2 atom stereocenters. The van der Waals surface area contributed by atoms with Gasteiger partial charge in [-0.3, -0.25) is 0 Å². The number of nitrogens with two attached hydrogens (primary N) is 1. The van der Waals surface area contributed by atoms with Crippen molar-refractivity contribution in [3.05, 3.63) is 35.4 Å². The van der Waals surface area contributed by atoms with Gasteiger partial charge in [0.15, 0.2) is 0 Å². The fraction of sp³-hybridized carbons (Fsp3) is 0.600. The molecular weight excluding hydrogens is 208 g/mol. The van der Waals surface area contributed by atoms with Crippen molar-refractivity contribution in [3.8, 4) is 0 Å². The molecular formula is C15H26N2. The molecule has 0 aliphatic carbocycles. The second-order valence-corrected chi connectivity index (χ2v) is 5.34. The summed E-state index contributed by atoms with van der Waals surface area (Å²) in [7, 11) is 4.22. The third-order valence-electron chi connectivity index (χ3n) is 4.24. The molecule has 0 aliphatic heterocycles. The summed E-state index contributed by atoms with van der Waals surface area (Å²) >= 11 is 0. The van der Waals surface area contributed by atoms with Crippen LogP contribution >= 0.6 is 0 Å². The zero-order valence-corrected chi connectivity index (χ0v) is 11.8. The van der Waals surface area contributed by atoms with Gasteiger partial charge < -0.3 is 10.6 Å². The first-order valence-electron chi connectivity index (χ1n) is 6.39. The number of rotatable bonds is 5. The van der Waals surface area contributed by atoms with E-state index in [1.165, 1.54) is 11.1 Å². The standard InChI is InChI=1S/C15H26N2/c1-6-15(3,17(4)5)14(16)11-13-10-8-7-9-12(13)2/h7-10,14H,6,11,16H2,1-5H3. The molecule has 2 N–H and O–H groups in total. The zero-order chi connectivity index (χ0) is 13.1. The van der Waals surface area contributed by atoms with Crippen molar-refractivity contribution in [2.45, 2.75) is 45.2 Å². The van der Waals surface area contributed by atoms with Gasteiger partial charge in [-0.15, -0.1) is 0 Å². The molecule has 0 aliphatic rings. The topological polar surface area (TPSA) is 29.3 Å². The number of nitrogens with zero attached hydrogens (tertiary/aromatic N) is 1. The van der Waals surface area contributed by atoms with Crippen LogP contribution in [0.1, 0.15) is 31.4 Å². The van der Waals surface area contributed by atoms with Crippen molar-refractivity contribution in [2.24, 2.45) is 5.73 Å². The van der Waals surface area contributed by atoms with Gasteiger partial charge in [0.1, 0.15) is 0 Å². The van der Waals surface area contributed by atoms with Crippen molar-refractivity contribution in [1.82, 2.24) is 4.90 Å². The van der Waals surface area contributed by atoms with Gasteiger partial charge in [-0.25, -0.2) is 0 Å². The molecule has 0 saturated heterocycles. The third-order valence-corrected chi connectivity index (χ3v) is 4.24. The van der Waals surface area contributed by atoms with E-state index in [1.54, 1.807) is 0 Å². The highest BCUT2D eigenvalue weighted by Gasteiger charge is 2.32. The summed E-state index contributed by atoms with van der Waals surface area (Å²) in [5, 5.41) is 0. The molecule has 96 valence electrons. The molecule has 0 bridgehead atoms. The lowest BCUT2D eigenvalue weighted by atomic mass is 9.84. The van der Waals surface area contributed by atoms with E-state index < -0.39 is 0 Å². The minimum absolute atomic E-state index is 0.0578. The number of benzene rings is 1. The van der Waals surface area contributed by atoms with Crippen LogP contribution in [0, 0.1) is 6.92 Å². The van der Waals surface area contributed by atoms with Crippen molar-refractivity contribution in [2.75, 3.05) is 14.1 Å². The van der Waals surface area contributed by atoms with Crippen LogP contribution in [-0.2, 0) is 6.42 Å². The SMILES string of the molecule is CCC(C)(C(N)Cc1ccccc1C)N(C)C. The Morgan fingerprint density at radius 3 is 2.35 bits per heavy atom. The van der Waals surface area contributed by atoms with Crippen LogP contribution in [0.2, 0.25) is 0 Å². The first-order valence-corrected chi connectivity index (χ1v) is 6.39. The lowest BCUT2D eigenvalue weighted by Gasteiger charge is -2.41. The van der Waals surface area contributed by atoms with Crippen LogP contribution < -0.4 is 5.73 Å². The Bertz CT molecular complexity index is 360. The van der Waals surface area contributed by atoms with E-state index in [-0.39, 0.29) is 11.6 Å². The maximum Gasteiger partial charge on any atom is 0.0326 e. The minimum atomic E-state index is 0.0578. The van der Waals surface area contributed by atoms with E-state index in [1.807, 2.05) is 0 Å². The summed E-state index contributed by atoms with van der Waals surface area (Å²) in [5.74, 6) is 0. The first-order chi connectivity index (χ1) is 7.91. The van der Waals surface area contributed by atoms with E-state index in [4.69, 9.17) is 5.73 Å². The van der Waals surface area contributed by atoms with E-state index >= 15 is 0 Å². The van der Waals surface area contributed by atoms with Gasteiger partial charge in [0.05, 0.1) is 0 Å². The molecule has 2 unspecified atom stereocenters. The van der Waals surface area contributed by atoms with Crippen molar-refractivity contribution in [1.29, 1.82) is 0 Å². The van der Waals surface area contributed by atoms with E-state index in [2.05, 4.69) is 64.0 Å². The van der Waals surface area contributed by atoms with Gasteiger partial charge in [0.2, 0.25) is 0 Å². The van der Waals surface area contributed by atoms with Gasteiger partial charge in [0, 0.05) is 11.6 Å². The van der Waals surface area contributed by atoms with E-state index in [9.17, 15) is 0 Å². The second-order valence-electron chi connectivity index (χ2n) is 5.34. The largest absolute Gasteiger partial charge is 0.326 e. The number of aryl methyl sites for hydroxylation is 1. The van der Waals surface area contributed by atoms with Gasteiger partial charge in [-0.1, -0.05) is 31.2 Å². The number of hydrogen-bond donors (Lipinski definition) is 1. The molecule has 1 rings (SSSR count). The fourth-order valence-corrected chi connectivity index (χ4v) is 2.21. The molecule has 0 aromatic heterocycles. The second kappa shape index (κ2) is 5.65. The van der Waals surface area contributed by atoms with Crippen LogP contribution in [0.3, 0.4) is 0 Å². The highest BCUT2D eigenvalue weighted by atomic mass is 15.2. The molecule has 0 spiro atoms. The average molecular weight is 234 g/mol. The Balaban J connectivity index is 2.85. The summed E-state index contributed by atoms with van der Waals surface area (Å²) < 4.78 is 0. The molecule has 2 nitrogen and oxygen atoms in total. The molecule has 1 aromatic rings. The normalized spacial score (nSPS) is 16.9. The Kier molecular flexibility index (Phi) is 4.72. The van der Waals surface area contributed by atoms with Gasteiger partial charge in [-0.05, 0) is 51.9 Å². The summed E-state index contributed by atoms with van der Waals surface area (Å²) in [6.07, 6.45) is 2.00. The first kappa shape index (κ1) is 14.2. The molecule has 0 heterocycles. The lowest BCUT2D eigenvalue weighted by molar-refractivity contribution is 0.131. The fourth-order valence-electron chi connectivity index (χ4n) is 2.21. The summed E-state index contributed by atoms with van der Waals surface area (Å²) in [6, 6.07) is 8.66. The van der Waals surface area contributed by atoms with Crippen molar-refractivity contribution in [3.63, 3.8) is 0 Å². The van der Waals surface area contributed by atoms with Crippen LogP contribution in [0.25, 0.3) is 0 Å². The molecule has 17 heavy (non-hydrogen) atoms. The Labute approximate surface area is 106 Å². The van der Waals surface area contributed by atoms with Gasteiger partial charge in [0.25, 0.3) is 0 Å². The molecule has 0 saturated carbocycles. The highest BCUT2D eigenvalue weighted by Crippen LogP contribution is 2.23. The predicted molar refractivity (Wildman–Crippen MR) is 75.2 cm³/mol. The molecule has 2 heteroatoms. The smallest absolute Gasteiger partial charge is 0.0326 e. The molecule has 0 amide bonds. The van der Waals surface area contributed by atoms with E-state index in [0.717, 1.165) is 12.8 Å². The summed E-state index contributed by atoms with van der Waals surface area (Å²) in [5.41, 5.74) is 9.18. The Morgan fingerprint density at radius 1 is 1.29 bits per heavy atom. The maximum absolute atomic E-state index is 6.42. The summed E-state index contributed by atoms with van der Waals surface area (Å²) in [6.45, 7) is 6.61. The number of hydrogen-bond acceptors (Lipinski definition) is 2. The number of likely N-dealkylation sites (N-methyl/N-ethyl adjacent to an activating group) is 1. The van der Waals surface area contributed by atoms with E-state index in [0.29, 0.717) is 0 Å². The van der Waals surface area contributed by atoms with Gasteiger partial charge in [-0.2, -0.15) is 0 Å². The Morgan fingerprint density at radius 2 is 1.88 bits per heavy atom.